The second-order valence-electron chi connectivity index (χ2n) is 6.62. The third-order valence-electron chi connectivity index (χ3n) is 4.69. The molecule has 1 aliphatic rings. The van der Waals surface area contributed by atoms with E-state index in [0.717, 1.165) is 22.4 Å². The molecule has 0 bridgehead atoms. The maximum Gasteiger partial charge on any atom is 0.212 e. The molecule has 1 aliphatic heterocycles. The molecule has 0 spiro atoms. The summed E-state index contributed by atoms with van der Waals surface area (Å²) in [7, 11) is 0. The Bertz CT molecular complexity index is 1010. The first kappa shape index (κ1) is 19.7. The van der Waals surface area contributed by atoms with E-state index < -0.39 is 24.9 Å². The van der Waals surface area contributed by atoms with E-state index in [4.69, 9.17) is 5.11 Å². The van der Waals surface area contributed by atoms with Crippen molar-refractivity contribution in [3.63, 3.8) is 0 Å². The van der Waals surface area contributed by atoms with Crippen molar-refractivity contribution in [3.8, 4) is 11.1 Å². The van der Waals surface area contributed by atoms with E-state index in [0.29, 0.717) is 10.9 Å². The molecule has 0 fully saturated rings. The van der Waals surface area contributed by atoms with Crippen molar-refractivity contribution in [1.82, 2.24) is 14.9 Å². The summed E-state index contributed by atoms with van der Waals surface area (Å²) < 4.78 is 1.37. The SMILES string of the molecule is OC[C@@H](O)[C@@H](O)[C@@H](O)c1nnc2n1N=C(c1ccc(-c3ccccc3)cc1)CS2. The van der Waals surface area contributed by atoms with Gasteiger partial charge in [0.25, 0.3) is 0 Å². The molecule has 3 atom stereocenters. The Morgan fingerprint density at radius 3 is 2.24 bits per heavy atom. The molecular formula is C20H20N4O4S. The molecule has 29 heavy (non-hydrogen) atoms. The van der Waals surface area contributed by atoms with Crippen LogP contribution in [0.5, 0.6) is 0 Å². The fourth-order valence-electron chi connectivity index (χ4n) is 3.03. The van der Waals surface area contributed by atoms with E-state index in [1.54, 1.807) is 0 Å². The highest BCUT2D eigenvalue weighted by molar-refractivity contribution is 7.99. The van der Waals surface area contributed by atoms with Crippen LogP contribution in [0.25, 0.3) is 11.1 Å². The zero-order valence-corrected chi connectivity index (χ0v) is 16.1. The van der Waals surface area contributed by atoms with Crippen LogP contribution in [0.2, 0.25) is 0 Å². The summed E-state index contributed by atoms with van der Waals surface area (Å²) in [5, 5.41) is 51.8. The van der Waals surface area contributed by atoms with E-state index in [1.807, 2.05) is 54.6 Å². The highest BCUT2D eigenvalue weighted by atomic mass is 32.2. The summed E-state index contributed by atoms with van der Waals surface area (Å²) in [6.07, 6.45) is -4.64. The lowest BCUT2D eigenvalue weighted by Gasteiger charge is -2.21. The van der Waals surface area contributed by atoms with E-state index in [-0.39, 0.29) is 5.82 Å². The number of rotatable bonds is 6. The number of thioether (sulfide) groups is 1. The van der Waals surface area contributed by atoms with E-state index in [1.165, 1.54) is 16.4 Å². The topological polar surface area (TPSA) is 124 Å². The summed E-state index contributed by atoms with van der Waals surface area (Å²) in [5.74, 6) is 0.589. The van der Waals surface area contributed by atoms with Crippen LogP contribution in [-0.2, 0) is 0 Å². The summed E-state index contributed by atoms with van der Waals surface area (Å²) in [4.78, 5) is 0. The van der Waals surface area contributed by atoms with Gasteiger partial charge < -0.3 is 20.4 Å². The average molecular weight is 412 g/mol. The van der Waals surface area contributed by atoms with Crippen LogP contribution in [0.3, 0.4) is 0 Å². The third-order valence-corrected chi connectivity index (χ3v) is 5.62. The predicted molar refractivity (Wildman–Crippen MR) is 109 cm³/mol. The van der Waals surface area contributed by atoms with E-state index in [2.05, 4.69) is 15.3 Å². The first-order valence-electron chi connectivity index (χ1n) is 9.05. The minimum Gasteiger partial charge on any atom is -0.394 e. The summed E-state index contributed by atoms with van der Waals surface area (Å²) in [5.41, 5.74) is 3.92. The molecule has 0 radical (unpaired) electrons. The van der Waals surface area contributed by atoms with Gasteiger partial charge in [0.15, 0.2) is 5.82 Å². The van der Waals surface area contributed by atoms with Crippen molar-refractivity contribution in [2.75, 3.05) is 12.4 Å². The Morgan fingerprint density at radius 2 is 1.55 bits per heavy atom. The zero-order valence-electron chi connectivity index (χ0n) is 15.3. The third kappa shape index (κ3) is 3.96. The van der Waals surface area contributed by atoms with Crippen molar-refractivity contribution in [2.45, 2.75) is 23.5 Å². The van der Waals surface area contributed by atoms with Crippen molar-refractivity contribution >= 4 is 17.5 Å². The van der Waals surface area contributed by atoms with Crippen LogP contribution >= 0.6 is 11.8 Å². The van der Waals surface area contributed by atoms with Crippen LogP contribution in [-0.4, -0.2) is 65.6 Å². The van der Waals surface area contributed by atoms with E-state index >= 15 is 0 Å². The lowest BCUT2D eigenvalue weighted by Crippen LogP contribution is -2.36. The highest BCUT2D eigenvalue weighted by Crippen LogP contribution is 2.28. The van der Waals surface area contributed by atoms with Gasteiger partial charge in [-0.1, -0.05) is 66.4 Å². The maximum atomic E-state index is 10.3. The van der Waals surface area contributed by atoms with Crippen LogP contribution in [0.15, 0.2) is 64.9 Å². The number of aromatic nitrogens is 3. The molecule has 2 aromatic carbocycles. The number of fused-ring (bicyclic) bond motifs is 1. The van der Waals surface area contributed by atoms with Gasteiger partial charge in [0.1, 0.15) is 18.3 Å². The van der Waals surface area contributed by atoms with Gasteiger partial charge in [-0.25, -0.2) is 0 Å². The molecule has 3 aromatic rings. The van der Waals surface area contributed by atoms with Gasteiger partial charge in [0.2, 0.25) is 5.16 Å². The van der Waals surface area contributed by atoms with E-state index in [9.17, 15) is 15.3 Å². The van der Waals surface area contributed by atoms with Crippen LogP contribution in [0.4, 0.5) is 0 Å². The van der Waals surface area contributed by atoms with Gasteiger partial charge in [-0.15, -0.1) is 10.2 Å². The normalized spacial score (nSPS) is 16.6. The fourth-order valence-corrected chi connectivity index (χ4v) is 3.87. The van der Waals surface area contributed by atoms with Crippen molar-refractivity contribution in [3.05, 3.63) is 66.0 Å². The molecule has 9 heteroatoms. The largest absolute Gasteiger partial charge is 0.394 e. The lowest BCUT2D eigenvalue weighted by atomic mass is 10.0. The highest BCUT2D eigenvalue weighted by Gasteiger charge is 2.32. The maximum absolute atomic E-state index is 10.3. The fraction of sp³-hybridized carbons (Fsp3) is 0.250. The molecule has 0 saturated carbocycles. The van der Waals surface area contributed by atoms with Gasteiger partial charge in [-0.2, -0.15) is 9.78 Å². The Labute approximate surface area is 171 Å². The molecule has 1 aromatic heterocycles. The van der Waals surface area contributed by atoms with Crippen LogP contribution in [0, 0.1) is 0 Å². The Balaban J connectivity index is 1.62. The molecule has 4 rings (SSSR count). The smallest absolute Gasteiger partial charge is 0.212 e. The number of hydrogen-bond acceptors (Lipinski definition) is 8. The quantitative estimate of drug-likeness (QED) is 0.477. The Kier molecular flexibility index (Phi) is 5.74. The molecule has 0 unspecified atom stereocenters. The molecule has 8 nitrogen and oxygen atoms in total. The average Bonchev–Trinajstić information content (AvgIpc) is 3.21. The number of hydrogen-bond donors (Lipinski definition) is 4. The number of aliphatic hydroxyl groups excluding tert-OH is 4. The van der Waals surface area contributed by atoms with Crippen LogP contribution in [0.1, 0.15) is 17.5 Å². The van der Waals surface area contributed by atoms with Gasteiger partial charge in [0.05, 0.1) is 12.3 Å². The first-order chi connectivity index (χ1) is 14.1. The molecule has 0 aliphatic carbocycles. The number of benzene rings is 2. The zero-order chi connectivity index (χ0) is 20.4. The van der Waals surface area contributed by atoms with Crippen molar-refractivity contribution in [1.29, 1.82) is 0 Å². The summed E-state index contributed by atoms with van der Waals surface area (Å²) >= 11 is 1.41. The Morgan fingerprint density at radius 1 is 0.897 bits per heavy atom. The molecule has 0 saturated heterocycles. The predicted octanol–water partition coefficient (Wildman–Crippen LogP) is 1.05. The standard InChI is InChI=1S/C20H20N4O4S/c25-10-16(26)17(27)18(28)19-21-22-20-24(19)23-15(11-29-20)14-8-6-13(7-9-14)12-4-2-1-3-5-12/h1-9,16-18,25-28H,10-11H2/t16-,17-,18-/m1/s1. The van der Waals surface area contributed by atoms with Gasteiger partial charge >= 0.3 is 0 Å². The van der Waals surface area contributed by atoms with Crippen LogP contribution < -0.4 is 0 Å². The lowest BCUT2D eigenvalue weighted by molar-refractivity contribution is -0.0813. The minimum atomic E-state index is -1.61. The molecule has 2 heterocycles. The number of nitrogens with zero attached hydrogens (tertiary/aromatic N) is 4. The summed E-state index contributed by atoms with van der Waals surface area (Å²) in [6, 6.07) is 18.1. The molecule has 4 N–H and O–H groups in total. The Hall–Kier alpha value is -2.56. The number of aliphatic hydroxyl groups is 4. The van der Waals surface area contributed by atoms with Crippen molar-refractivity contribution in [2.24, 2.45) is 5.10 Å². The monoisotopic (exact) mass is 412 g/mol. The second-order valence-corrected chi connectivity index (χ2v) is 7.56. The van der Waals surface area contributed by atoms with Crippen molar-refractivity contribution < 1.29 is 20.4 Å². The molecule has 0 amide bonds. The minimum absolute atomic E-state index is 0.00519. The summed E-state index contributed by atoms with van der Waals surface area (Å²) in [6.45, 7) is -0.684. The van der Waals surface area contributed by atoms with Gasteiger partial charge in [0, 0.05) is 5.75 Å². The van der Waals surface area contributed by atoms with Gasteiger partial charge in [-0.05, 0) is 16.7 Å². The van der Waals surface area contributed by atoms with Gasteiger partial charge in [-0.3, -0.25) is 0 Å². The second kappa shape index (κ2) is 8.44. The molecule has 150 valence electrons. The molecular weight excluding hydrogens is 392 g/mol. The first-order valence-corrected chi connectivity index (χ1v) is 10.0.